The minimum atomic E-state index is -1.01. The van der Waals surface area contributed by atoms with Gasteiger partial charge in [0.25, 0.3) is 5.91 Å². The number of thiophene rings is 1. The molecule has 0 saturated heterocycles. The molecule has 1 N–H and O–H groups in total. The number of para-hydroxylation sites is 1. The quantitative estimate of drug-likeness (QED) is 0.331. The molecule has 0 aliphatic heterocycles. The monoisotopic (exact) mass is 448 g/mol. The highest BCUT2D eigenvalue weighted by atomic mass is 32.1. The maximum atomic E-state index is 12.3. The number of anilines is 1. The van der Waals surface area contributed by atoms with Crippen LogP contribution in [0.15, 0.2) is 70.7 Å². The van der Waals surface area contributed by atoms with E-state index in [9.17, 15) is 9.59 Å². The van der Waals surface area contributed by atoms with Gasteiger partial charge in [-0.3, -0.25) is 4.79 Å². The second kappa shape index (κ2) is 9.44. The smallest absolute Gasteiger partial charge is 0.331 e. The molecule has 1 amide bonds. The van der Waals surface area contributed by atoms with Crippen LogP contribution in [-0.2, 0) is 14.3 Å². The normalized spacial score (nSPS) is 12.1. The maximum Gasteiger partial charge on any atom is 0.331 e. The molecule has 1 atom stereocenters. The van der Waals surface area contributed by atoms with Gasteiger partial charge in [-0.25, -0.2) is 9.48 Å². The molecule has 1 aromatic carbocycles. The van der Waals surface area contributed by atoms with Crippen molar-refractivity contribution < 1.29 is 18.8 Å². The molecule has 0 radical (unpaired) electrons. The van der Waals surface area contributed by atoms with Crippen molar-refractivity contribution in [1.82, 2.24) is 14.9 Å². The summed E-state index contributed by atoms with van der Waals surface area (Å²) in [5, 5.41) is 12.9. The van der Waals surface area contributed by atoms with Crippen molar-refractivity contribution in [3.63, 3.8) is 0 Å². The highest BCUT2D eigenvalue weighted by Gasteiger charge is 2.18. The van der Waals surface area contributed by atoms with Gasteiger partial charge in [0.1, 0.15) is 11.5 Å². The second-order valence-electron chi connectivity index (χ2n) is 6.91. The first kappa shape index (κ1) is 21.3. The number of hydrogen-bond donors (Lipinski definition) is 1. The average molecular weight is 449 g/mol. The molecule has 0 spiro atoms. The second-order valence-corrected chi connectivity index (χ2v) is 7.86. The Morgan fingerprint density at radius 1 is 1.22 bits per heavy atom. The van der Waals surface area contributed by atoms with E-state index >= 15 is 0 Å². The molecule has 9 heteroatoms. The van der Waals surface area contributed by atoms with Gasteiger partial charge in [0.05, 0.1) is 10.6 Å². The van der Waals surface area contributed by atoms with Crippen molar-refractivity contribution in [1.29, 1.82) is 0 Å². The molecule has 162 valence electrons. The molecule has 8 nitrogen and oxygen atoms in total. The van der Waals surface area contributed by atoms with E-state index in [-0.39, 0.29) is 5.82 Å². The number of carbonyl (C=O) groups is 2. The van der Waals surface area contributed by atoms with E-state index in [1.165, 1.54) is 13.0 Å². The van der Waals surface area contributed by atoms with Crippen molar-refractivity contribution in [3.8, 4) is 16.3 Å². The summed E-state index contributed by atoms with van der Waals surface area (Å²) in [6.45, 7) is 3.19. The summed E-state index contributed by atoms with van der Waals surface area (Å²) < 4.78 is 11.9. The summed E-state index contributed by atoms with van der Waals surface area (Å²) >= 11 is 1.56. The fourth-order valence-electron chi connectivity index (χ4n) is 2.91. The number of nitrogens with zero attached hydrogens (tertiary/aromatic N) is 3. The molecule has 0 bridgehead atoms. The number of aromatic nitrogens is 3. The van der Waals surface area contributed by atoms with Crippen molar-refractivity contribution >= 4 is 35.1 Å². The Bertz CT molecular complexity index is 1240. The molecular weight excluding hydrogens is 428 g/mol. The van der Waals surface area contributed by atoms with E-state index in [4.69, 9.17) is 9.26 Å². The Balaban J connectivity index is 1.47. The topological polar surface area (TPSA) is 99.2 Å². The molecule has 3 aromatic heterocycles. The third-order valence-corrected chi connectivity index (χ3v) is 5.33. The first-order valence-electron chi connectivity index (χ1n) is 9.81. The number of amides is 1. The number of ether oxygens (including phenoxy) is 1. The molecule has 0 aliphatic rings. The molecule has 4 rings (SSSR count). The van der Waals surface area contributed by atoms with Gasteiger partial charge in [0.15, 0.2) is 11.9 Å². The fourth-order valence-corrected chi connectivity index (χ4v) is 3.64. The highest BCUT2D eigenvalue weighted by Crippen LogP contribution is 2.28. The van der Waals surface area contributed by atoms with Gasteiger partial charge in [0, 0.05) is 23.9 Å². The van der Waals surface area contributed by atoms with Crippen LogP contribution in [0.1, 0.15) is 18.2 Å². The third-order valence-electron chi connectivity index (χ3n) is 4.46. The van der Waals surface area contributed by atoms with Crippen molar-refractivity contribution in [2.75, 3.05) is 5.32 Å². The zero-order valence-corrected chi connectivity index (χ0v) is 18.2. The van der Waals surface area contributed by atoms with Crippen LogP contribution < -0.4 is 5.32 Å². The molecule has 3 heterocycles. The Labute approximate surface area is 188 Å². The van der Waals surface area contributed by atoms with Gasteiger partial charge in [-0.15, -0.1) is 11.3 Å². The Morgan fingerprint density at radius 2 is 2.03 bits per heavy atom. The summed E-state index contributed by atoms with van der Waals surface area (Å²) in [6.07, 6.45) is 3.76. The lowest BCUT2D eigenvalue weighted by Crippen LogP contribution is -2.29. The van der Waals surface area contributed by atoms with E-state index in [0.717, 1.165) is 21.8 Å². The van der Waals surface area contributed by atoms with Crippen LogP contribution >= 0.6 is 11.3 Å². The molecule has 0 fully saturated rings. The molecular formula is C23H20N4O4S. The minimum Gasteiger partial charge on any atom is -0.449 e. The highest BCUT2D eigenvalue weighted by molar-refractivity contribution is 7.13. The van der Waals surface area contributed by atoms with Crippen LogP contribution in [0.2, 0.25) is 0 Å². The Morgan fingerprint density at radius 3 is 2.72 bits per heavy atom. The van der Waals surface area contributed by atoms with Gasteiger partial charge in [0.2, 0.25) is 0 Å². The number of rotatable bonds is 7. The van der Waals surface area contributed by atoms with Crippen LogP contribution in [0.3, 0.4) is 0 Å². The molecule has 1 unspecified atom stereocenters. The number of esters is 1. The summed E-state index contributed by atoms with van der Waals surface area (Å²) in [5.41, 5.74) is 2.41. The predicted molar refractivity (Wildman–Crippen MR) is 121 cm³/mol. The Hall–Kier alpha value is -3.98. The number of aryl methyl sites for hydroxylation is 1. The third kappa shape index (κ3) is 5.01. The van der Waals surface area contributed by atoms with Gasteiger partial charge in [-0.2, -0.15) is 5.10 Å². The lowest BCUT2D eigenvalue weighted by molar-refractivity contribution is -0.148. The summed E-state index contributed by atoms with van der Waals surface area (Å²) in [6, 6.07) is 15.2. The summed E-state index contributed by atoms with van der Waals surface area (Å²) in [7, 11) is 0. The lowest BCUT2D eigenvalue weighted by Gasteiger charge is -2.10. The van der Waals surface area contributed by atoms with E-state index in [2.05, 4.69) is 15.6 Å². The molecule has 0 saturated carbocycles. The number of hydrogen-bond acceptors (Lipinski definition) is 7. The molecule has 32 heavy (non-hydrogen) atoms. The average Bonchev–Trinajstić information content (AvgIpc) is 3.54. The van der Waals surface area contributed by atoms with E-state index in [1.54, 1.807) is 35.1 Å². The Kier molecular flexibility index (Phi) is 6.27. The van der Waals surface area contributed by atoms with Crippen LogP contribution in [0, 0.1) is 6.92 Å². The van der Waals surface area contributed by atoms with Crippen LogP contribution in [0.5, 0.6) is 0 Å². The summed E-state index contributed by atoms with van der Waals surface area (Å²) in [5.74, 6) is -0.324. The van der Waals surface area contributed by atoms with Gasteiger partial charge in [-0.05, 0) is 43.5 Å². The van der Waals surface area contributed by atoms with Crippen LogP contribution in [0.25, 0.3) is 22.3 Å². The van der Waals surface area contributed by atoms with E-state index in [1.807, 2.05) is 54.0 Å². The minimum absolute atomic E-state index is 0.264. The maximum absolute atomic E-state index is 12.3. The SMILES string of the molecule is Cc1cc(NC(=O)C(C)OC(=O)/C=C/c2cn(-c3ccccc3)nc2-c2cccs2)no1. The van der Waals surface area contributed by atoms with Gasteiger partial charge >= 0.3 is 5.97 Å². The molecule has 4 aromatic rings. The van der Waals surface area contributed by atoms with Crippen LogP contribution in [0.4, 0.5) is 5.82 Å². The van der Waals surface area contributed by atoms with E-state index < -0.39 is 18.0 Å². The zero-order valence-electron chi connectivity index (χ0n) is 17.4. The number of nitrogens with one attached hydrogen (secondary N) is 1. The number of carbonyl (C=O) groups excluding carboxylic acids is 2. The van der Waals surface area contributed by atoms with Gasteiger partial charge < -0.3 is 14.6 Å². The standard InChI is InChI=1S/C23H20N4O4S/c1-15-13-20(26-31-15)24-23(29)16(2)30-21(28)11-10-17-14-27(18-7-4-3-5-8-18)25-22(17)19-9-6-12-32-19/h3-14,16H,1-2H3,(H,24,26,29)/b11-10+. The molecule has 0 aliphatic carbocycles. The van der Waals surface area contributed by atoms with E-state index in [0.29, 0.717) is 5.76 Å². The predicted octanol–water partition coefficient (Wildman–Crippen LogP) is 4.48. The fraction of sp³-hybridized carbons (Fsp3) is 0.130. The van der Waals surface area contributed by atoms with Crippen molar-refractivity contribution in [2.45, 2.75) is 20.0 Å². The number of benzene rings is 1. The zero-order chi connectivity index (χ0) is 22.5. The first-order chi connectivity index (χ1) is 15.5. The van der Waals surface area contributed by atoms with Gasteiger partial charge in [-0.1, -0.05) is 29.4 Å². The van der Waals surface area contributed by atoms with Crippen molar-refractivity contribution in [3.05, 3.63) is 77.5 Å². The largest absolute Gasteiger partial charge is 0.449 e. The summed E-state index contributed by atoms with van der Waals surface area (Å²) in [4.78, 5) is 25.5. The van der Waals surface area contributed by atoms with Crippen molar-refractivity contribution in [2.24, 2.45) is 0 Å². The van der Waals surface area contributed by atoms with Crippen LogP contribution in [-0.4, -0.2) is 32.9 Å². The lowest BCUT2D eigenvalue weighted by atomic mass is 10.2. The first-order valence-corrected chi connectivity index (χ1v) is 10.7.